The van der Waals surface area contributed by atoms with Crippen LogP contribution in [0.25, 0.3) is 6.08 Å². The van der Waals surface area contributed by atoms with Crippen LogP contribution in [0.5, 0.6) is 0 Å². The van der Waals surface area contributed by atoms with Crippen LogP contribution >= 0.6 is 11.3 Å². The molecule has 2 saturated heterocycles. The van der Waals surface area contributed by atoms with E-state index in [9.17, 15) is 9.59 Å². The van der Waals surface area contributed by atoms with E-state index in [0.717, 1.165) is 46.3 Å². The summed E-state index contributed by atoms with van der Waals surface area (Å²) in [6.07, 6.45) is 10.8. The van der Waals surface area contributed by atoms with Gasteiger partial charge in [-0.15, -0.1) is 11.3 Å². The van der Waals surface area contributed by atoms with Gasteiger partial charge in [-0.05, 0) is 61.8 Å². The van der Waals surface area contributed by atoms with Gasteiger partial charge in [-0.2, -0.15) is 0 Å². The molecule has 0 atom stereocenters. The fraction of sp³-hybridized carbons (Fsp3) is 0.448. The third-order valence-corrected chi connectivity index (χ3v) is 8.11. The summed E-state index contributed by atoms with van der Waals surface area (Å²) in [5.41, 5.74) is 2.53. The van der Waals surface area contributed by atoms with Crippen LogP contribution in [0.15, 0.2) is 46.4 Å². The number of allylic oxidation sites excluding steroid dienone is 1. The number of likely N-dealkylation sites (tertiary alicyclic amines) is 1. The predicted octanol–water partition coefficient (Wildman–Crippen LogP) is 4.49. The Balaban J connectivity index is 1.22. The number of nitrogens with zero attached hydrogens (tertiary/aromatic N) is 4. The summed E-state index contributed by atoms with van der Waals surface area (Å²) in [5.74, 6) is 0.551. The van der Waals surface area contributed by atoms with Crippen LogP contribution in [0.2, 0.25) is 0 Å². The monoisotopic (exact) mass is 548 g/mol. The number of guanidine groups is 1. The first-order valence-electron chi connectivity index (χ1n) is 13.8. The van der Waals surface area contributed by atoms with Gasteiger partial charge in [-0.3, -0.25) is 9.59 Å². The Labute approximate surface area is 233 Å². The van der Waals surface area contributed by atoms with Gasteiger partial charge >= 0.3 is 0 Å². The van der Waals surface area contributed by atoms with Gasteiger partial charge in [-0.1, -0.05) is 18.6 Å². The zero-order chi connectivity index (χ0) is 26.9. The van der Waals surface area contributed by atoms with Gasteiger partial charge < -0.3 is 25.2 Å². The largest absolute Gasteiger partial charge is 0.378 e. The lowest BCUT2D eigenvalue weighted by Crippen LogP contribution is -2.40. The van der Waals surface area contributed by atoms with Gasteiger partial charge in [-0.25, -0.2) is 9.98 Å². The normalized spacial score (nSPS) is 21.2. The number of carbonyl (C=O) groups excluding carboxylic acids is 2. The number of carbonyl (C=O) groups is 2. The van der Waals surface area contributed by atoms with Crippen molar-refractivity contribution in [1.82, 2.24) is 9.80 Å². The van der Waals surface area contributed by atoms with Crippen molar-refractivity contribution in [2.24, 2.45) is 9.98 Å². The van der Waals surface area contributed by atoms with Gasteiger partial charge in [0.25, 0.3) is 5.91 Å². The summed E-state index contributed by atoms with van der Waals surface area (Å²) >= 11 is 1.51. The van der Waals surface area contributed by atoms with Crippen LogP contribution in [-0.2, 0) is 16.1 Å². The Hall–Kier alpha value is -3.34. The number of hydrogen-bond acceptors (Lipinski definition) is 8. The topological polar surface area (TPSA) is 98.6 Å². The predicted molar refractivity (Wildman–Crippen MR) is 158 cm³/mol. The molecule has 2 aromatic rings. The molecular weight excluding hydrogens is 512 g/mol. The molecule has 206 valence electrons. The minimum atomic E-state index is 0.0194. The summed E-state index contributed by atoms with van der Waals surface area (Å²) in [6.45, 7) is 5.78. The number of benzene rings is 1. The van der Waals surface area contributed by atoms with Crippen molar-refractivity contribution in [3.8, 4) is 0 Å². The second-order valence-electron chi connectivity index (χ2n) is 9.90. The van der Waals surface area contributed by atoms with Crippen molar-refractivity contribution >= 4 is 52.8 Å². The number of morpholine rings is 1. The van der Waals surface area contributed by atoms with E-state index in [2.05, 4.69) is 20.5 Å². The van der Waals surface area contributed by atoms with Crippen molar-refractivity contribution in [3.05, 3.63) is 51.7 Å². The Bertz CT molecular complexity index is 1240. The molecule has 0 spiro atoms. The molecule has 3 aliphatic heterocycles. The molecule has 3 aliphatic rings. The lowest BCUT2D eigenvalue weighted by molar-refractivity contribution is -0.116. The highest BCUT2D eigenvalue weighted by molar-refractivity contribution is 7.15. The summed E-state index contributed by atoms with van der Waals surface area (Å²) in [6, 6.07) is 9.56. The second kappa shape index (κ2) is 13.6. The molecule has 0 unspecified atom stereocenters. The summed E-state index contributed by atoms with van der Waals surface area (Å²) in [4.78, 5) is 40.8. The zero-order valence-corrected chi connectivity index (χ0v) is 23.0. The molecule has 2 amide bonds. The molecule has 2 N–H and O–H groups in total. The summed E-state index contributed by atoms with van der Waals surface area (Å²) in [5, 5.41) is 6.31. The molecule has 0 radical (unpaired) electrons. The maximum absolute atomic E-state index is 13.0. The van der Waals surface area contributed by atoms with Crippen LogP contribution in [0.1, 0.15) is 52.2 Å². The van der Waals surface area contributed by atoms with E-state index in [4.69, 9.17) is 9.73 Å². The van der Waals surface area contributed by atoms with Gasteiger partial charge in [0.05, 0.1) is 24.6 Å². The van der Waals surface area contributed by atoms with Gasteiger partial charge in [0.2, 0.25) is 11.9 Å². The van der Waals surface area contributed by atoms with E-state index in [1.165, 1.54) is 30.6 Å². The number of nitrogens with one attached hydrogen (secondary N) is 2. The number of fused-ring (bicyclic) bond motifs is 1. The van der Waals surface area contributed by atoms with Gasteiger partial charge in [0.15, 0.2) is 0 Å². The first kappa shape index (κ1) is 27.2. The quantitative estimate of drug-likeness (QED) is 0.554. The lowest BCUT2D eigenvalue weighted by atomic mass is 10.1. The van der Waals surface area contributed by atoms with Gasteiger partial charge in [0.1, 0.15) is 0 Å². The van der Waals surface area contributed by atoms with Crippen LogP contribution < -0.4 is 10.6 Å². The smallest absolute Gasteiger partial charge is 0.264 e. The maximum Gasteiger partial charge on any atom is 0.264 e. The van der Waals surface area contributed by atoms with Gasteiger partial charge in [0, 0.05) is 54.9 Å². The van der Waals surface area contributed by atoms with Crippen molar-refractivity contribution in [3.63, 3.8) is 0 Å². The SMILES string of the molecule is O=C(CCN1CCCCC1)Nc1cccc(NC2=N/Cc3cc(C(=O)N4CCOCC4)sc3/C=C\C/C=N\2)c1. The van der Waals surface area contributed by atoms with Crippen molar-refractivity contribution in [1.29, 1.82) is 0 Å². The molecule has 10 heteroatoms. The van der Waals surface area contributed by atoms with E-state index in [0.29, 0.717) is 51.6 Å². The minimum absolute atomic E-state index is 0.0194. The summed E-state index contributed by atoms with van der Waals surface area (Å²) in [7, 11) is 0. The Morgan fingerprint density at radius 2 is 1.85 bits per heavy atom. The zero-order valence-electron chi connectivity index (χ0n) is 22.2. The molecule has 1 aromatic carbocycles. The highest BCUT2D eigenvalue weighted by Gasteiger charge is 2.22. The Kier molecular flexibility index (Phi) is 9.52. The number of piperidine rings is 1. The molecule has 4 heterocycles. The first-order chi connectivity index (χ1) is 19.1. The van der Waals surface area contributed by atoms with Crippen LogP contribution in [0.3, 0.4) is 0 Å². The molecule has 2 fully saturated rings. The third-order valence-electron chi connectivity index (χ3n) is 6.98. The maximum atomic E-state index is 13.0. The summed E-state index contributed by atoms with van der Waals surface area (Å²) < 4.78 is 5.39. The van der Waals surface area contributed by atoms with E-state index >= 15 is 0 Å². The van der Waals surface area contributed by atoms with Crippen LogP contribution in [0, 0.1) is 0 Å². The average Bonchev–Trinajstić information content (AvgIpc) is 3.38. The third kappa shape index (κ3) is 7.84. The highest BCUT2D eigenvalue weighted by atomic mass is 32.1. The van der Waals surface area contributed by atoms with E-state index in [1.54, 1.807) is 0 Å². The number of hydrogen-bond donors (Lipinski definition) is 2. The van der Waals surface area contributed by atoms with E-state index in [1.807, 2.05) is 53.6 Å². The first-order valence-corrected chi connectivity index (χ1v) is 14.6. The second-order valence-corrected chi connectivity index (χ2v) is 11.0. The Morgan fingerprint density at radius 1 is 1.03 bits per heavy atom. The van der Waals surface area contributed by atoms with Crippen molar-refractivity contribution < 1.29 is 14.3 Å². The number of amides is 2. The van der Waals surface area contributed by atoms with Crippen LogP contribution in [-0.4, -0.2) is 79.7 Å². The fourth-order valence-electron chi connectivity index (χ4n) is 4.85. The highest BCUT2D eigenvalue weighted by Crippen LogP contribution is 2.27. The molecule has 0 saturated carbocycles. The van der Waals surface area contributed by atoms with Crippen LogP contribution in [0.4, 0.5) is 11.4 Å². The molecule has 39 heavy (non-hydrogen) atoms. The average molecular weight is 549 g/mol. The van der Waals surface area contributed by atoms with Crippen molar-refractivity contribution in [2.45, 2.75) is 38.6 Å². The number of aliphatic imine (C=N–C) groups is 2. The lowest BCUT2D eigenvalue weighted by Gasteiger charge is -2.26. The molecular formula is C29H36N6O3S. The number of ether oxygens (including phenoxy) is 1. The molecule has 0 aliphatic carbocycles. The Morgan fingerprint density at radius 3 is 2.69 bits per heavy atom. The van der Waals surface area contributed by atoms with E-state index in [-0.39, 0.29) is 11.8 Å². The molecule has 5 rings (SSSR count). The molecule has 0 bridgehead atoms. The minimum Gasteiger partial charge on any atom is -0.378 e. The van der Waals surface area contributed by atoms with Crippen molar-refractivity contribution in [2.75, 3.05) is 56.6 Å². The fourth-order valence-corrected chi connectivity index (χ4v) is 5.93. The number of anilines is 2. The number of thiophene rings is 1. The van der Waals surface area contributed by atoms with E-state index < -0.39 is 0 Å². The standard InChI is InChI=1S/C29H36N6O3S/c36-27(10-14-34-12-4-1-5-13-34)32-23-7-6-8-24(20-23)33-29-30-11-3-2-9-25-22(21-31-29)19-26(39-25)28(37)35-15-17-38-18-16-35/h2,6-9,11,19-20H,1,3-5,10,12-18,21H2,(H,31,33)(H,32,36)/b9-2-,30-11-. The number of rotatable bonds is 6. The molecule has 1 aromatic heterocycles. The molecule has 9 nitrogen and oxygen atoms in total.